The molecule has 2 aromatic carbocycles. The number of amides is 1. The predicted molar refractivity (Wildman–Crippen MR) is 111 cm³/mol. The Morgan fingerprint density at radius 2 is 1.83 bits per heavy atom. The standard InChI is InChI=1S/C24H23FN2O2/c1-29-21-13-9-17(10-14-21)22-5-2-6-23(26-22)19-4-3-15-27(16-19)24(28)18-7-11-20(25)12-8-18/h2,5-14,19H,3-4,15-16H2,1H3/t19-/m1/s1. The van der Waals surface area contributed by atoms with Crippen LogP contribution in [-0.4, -0.2) is 36.0 Å². The smallest absolute Gasteiger partial charge is 0.253 e. The van der Waals surface area contributed by atoms with Crippen molar-refractivity contribution in [1.82, 2.24) is 9.88 Å². The van der Waals surface area contributed by atoms with Crippen LogP contribution in [0.15, 0.2) is 66.7 Å². The molecular formula is C24H23FN2O2. The molecule has 0 saturated carbocycles. The molecule has 0 bridgehead atoms. The van der Waals surface area contributed by atoms with Crippen molar-refractivity contribution in [2.24, 2.45) is 0 Å². The van der Waals surface area contributed by atoms with Crippen LogP contribution in [0.25, 0.3) is 11.3 Å². The van der Waals surface area contributed by atoms with Gasteiger partial charge in [-0.25, -0.2) is 4.39 Å². The van der Waals surface area contributed by atoms with Gasteiger partial charge in [0.2, 0.25) is 0 Å². The predicted octanol–water partition coefficient (Wildman–Crippen LogP) is 4.92. The van der Waals surface area contributed by atoms with Gasteiger partial charge in [-0.2, -0.15) is 0 Å². The Morgan fingerprint density at radius 1 is 1.07 bits per heavy atom. The summed E-state index contributed by atoms with van der Waals surface area (Å²) in [5, 5.41) is 0. The summed E-state index contributed by atoms with van der Waals surface area (Å²) in [6.07, 6.45) is 1.91. The Bertz CT molecular complexity index is 987. The summed E-state index contributed by atoms with van der Waals surface area (Å²) in [6, 6.07) is 19.6. The van der Waals surface area contributed by atoms with Crippen LogP contribution in [0.1, 0.15) is 34.8 Å². The van der Waals surface area contributed by atoms with E-state index in [1.165, 1.54) is 12.1 Å². The molecule has 29 heavy (non-hydrogen) atoms. The van der Waals surface area contributed by atoms with E-state index < -0.39 is 0 Å². The molecule has 1 aliphatic rings. The fraction of sp³-hybridized carbons (Fsp3) is 0.250. The molecule has 0 spiro atoms. The summed E-state index contributed by atoms with van der Waals surface area (Å²) >= 11 is 0. The maximum absolute atomic E-state index is 13.2. The lowest BCUT2D eigenvalue weighted by Crippen LogP contribution is -2.39. The third kappa shape index (κ3) is 4.29. The second-order valence-corrected chi connectivity index (χ2v) is 7.27. The summed E-state index contributed by atoms with van der Waals surface area (Å²) in [7, 11) is 1.65. The topological polar surface area (TPSA) is 42.4 Å². The average molecular weight is 390 g/mol. The molecular weight excluding hydrogens is 367 g/mol. The van der Waals surface area contributed by atoms with Gasteiger partial charge >= 0.3 is 0 Å². The SMILES string of the molecule is COc1ccc(-c2cccc([C@@H]3CCCN(C(=O)c4ccc(F)cc4)C3)n2)cc1. The van der Waals surface area contributed by atoms with E-state index in [0.29, 0.717) is 18.7 Å². The number of nitrogens with zero attached hydrogens (tertiary/aromatic N) is 2. The zero-order valence-corrected chi connectivity index (χ0v) is 16.3. The molecule has 1 aromatic heterocycles. The van der Waals surface area contributed by atoms with Gasteiger partial charge in [-0.1, -0.05) is 6.07 Å². The summed E-state index contributed by atoms with van der Waals surface area (Å²) in [5.74, 6) is 0.608. The summed E-state index contributed by atoms with van der Waals surface area (Å²) in [4.78, 5) is 19.5. The maximum Gasteiger partial charge on any atom is 0.253 e. The van der Waals surface area contributed by atoms with E-state index in [1.54, 1.807) is 19.2 Å². The fourth-order valence-electron chi connectivity index (χ4n) is 3.78. The highest BCUT2D eigenvalue weighted by Gasteiger charge is 2.26. The number of carbonyl (C=O) groups excluding carboxylic acids is 1. The van der Waals surface area contributed by atoms with Crippen molar-refractivity contribution in [2.75, 3.05) is 20.2 Å². The molecule has 148 valence electrons. The lowest BCUT2D eigenvalue weighted by atomic mass is 9.93. The van der Waals surface area contributed by atoms with E-state index >= 15 is 0 Å². The molecule has 5 heteroatoms. The van der Waals surface area contributed by atoms with E-state index in [-0.39, 0.29) is 17.6 Å². The minimum atomic E-state index is -0.336. The second kappa shape index (κ2) is 8.43. The number of likely N-dealkylation sites (tertiary alicyclic amines) is 1. The Labute approximate surface area is 170 Å². The van der Waals surface area contributed by atoms with Crippen molar-refractivity contribution in [3.05, 3.63) is 83.8 Å². The molecule has 2 heterocycles. The molecule has 1 amide bonds. The third-order valence-electron chi connectivity index (χ3n) is 5.37. The van der Waals surface area contributed by atoms with Crippen molar-refractivity contribution < 1.29 is 13.9 Å². The third-order valence-corrected chi connectivity index (χ3v) is 5.37. The first-order chi connectivity index (χ1) is 14.1. The van der Waals surface area contributed by atoms with Gasteiger partial charge < -0.3 is 9.64 Å². The second-order valence-electron chi connectivity index (χ2n) is 7.27. The van der Waals surface area contributed by atoms with Crippen molar-refractivity contribution in [3.8, 4) is 17.0 Å². The number of methoxy groups -OCH3 is 1. The zero-order valence-electron chi connectivity index (χ0n) is 16.3. The maximum atomic E-state index is 13.2. The first-order valence-corrected chi connectivity index (χ1v) is 9.80. The molecule has 4 rings (SSSR count). The highest BCUT2D eigenvalue weighted by atomic mass is 19.1. The Hall–Kier alpha value is -3.21. The van der Waals surface area contributed by atoms with E-state index in [9.17, 15) is 9.18 Å². The van der Waals surface area contributed by atoms with Crippen LogP contribution in [0, 0.1) is 5.82 Å². The summed E-state index contributed by atoms with van der Waals surface area (Å²) in [6.45, 7) is 1.33. The van der Waals surface area contributed by atoms with Gasteiger partial charge in [-0.15, -0.1) is 0 Å². The number of benzene rings is 2. The van der Waals surface area contributed by atoms with Gasteiger partial charge in [0, 0.05) is 35.8 Å². The highest BCUT2D eigenvalue weighted by Crippen LogP contribution is 2.29. The van der Waals surface area contributed by atoms with Crippen LogP contribution in [0.5, 0.6) is 5.75 Å². The van der Waals surface area contributed by atoms with Gasteiger partial charge in [0.1, 0.15) is 11.6 Å². The van der Waals surface area contributed by atoms with Crippen LogP contribution in [0.3, 0.4) is 0 Å². The molecule has 0 radical (unpaired) electrons. The van der Waals surface area contributed by atoms with Crippen molar-refractivity contribution >= 4 is 5.91 Å². The number of hydrogen-bond acceptors (Lipinski definition) is 3. The lowest BCUT2D eigenvalue weighted by molar-refractivity contribution is 0.0706. The van der Waals surface area contributed by atoms with Gasteiger partial charge in [-0.3, -0.25) is 9.78 Å². The normalized spacial score (nSPS) is 16.5. The highest BCUT2D eigenvalue weighted by molar-refractivity contribution is 5.94. The number of aromatic nitrogens is 1. The first kappa shape index (κ1) is 19.1. The Balaban J connectivity index is 1.52. The number of ether oxygens (including phenoxy) is 1. The molecule has 0 N–H and O–H groups in total. The van der Waals surface area contributed by atoms with Gasteiger partial charge in [-0.05, 0) is 73.5 Å². The van der Waals surface area contributed by atoms with Crippen LogP contribution in [0.4, 0.5) is 4.39 Å². The summed E-state index contributed by atoms with van der Waals surface area (Å²) < 4.78 is 18.4. The van der Waals surface area contributed by atoms with E-state index in [1.807, 2.05) is 47.4 Å². The number of hydrogen-bond donors (Lipinski definition) is 0. The van der Waals surface area contributed by atoms with E-state index in [0.717, 1.165) is 35.5 Å². The molecule has 0 unspecified atom stereocenters. The monoisotopic (exact) mass is 390 g/mol. The quantitative estimate of drug-likeness (QED) is 0.635. The Morgan fingerprint density at radius 3 is 2.55 bits per heavy atom. The number of rotatable bonds is 4. The van der Waals surface area contributed by atoms with Crippen LogP contribution in [-0.2, 0) is 0 Å². The van der Waals surface area contributed by atoms with Gasteiger partial charge in [0.05, 0.1) is 12.8 Å². The minimum Gasteiger partial charge on any atom is -0.497 e. The zero-order chi connectivity index (χ0) is 20.2. The van der Waals surface area contributed by atoms with E-state index in [2.05, 4.69) is 0 Å². The molecule has 0 aliphatic carbocycles. The molecule has 4 nitrogen and oxygen atoms in total. The number of carbonyl (C=O) groups is 1. The molecule has 1 saturated heterocycles. The number of pyridine rings is 1. The number of piperidine rings is 1. The van der Waals surface area contributed by atoms with Crippen molar-refractivity contribution in [1.29, 1.82) is 0 Å². The van der Waals surface area contributed by atoms with Gasteiger partial charge in [0.25, 0.3) is 5.91 Å². The van der Waals surface area contributed by atoms with Crippen LogP contribution < -0.4 is 4.74 Å². The van der Waals surface area contributed by atoms with Crippen LogP contribution >= 0.6 is 0 Å². The van der Waals surface area contributed by atoms with Crippen molar-refractivity contribution in [2.45, 2.75) is 18.8 Å². The molecule has 1 aliphatic heterocycles. The van der Waals surface area contributed by atoms with Crippen LogP contribution in [0.2, 0.25) is 0 Å². The number of halogens is 1. The van der Waals surface area contributed by atoms with Gasteiger partial charge in [0.15, 0.2) is 0 Å². The fourth-order valence-corrected chi connectivity index (χ4v) is 3.78. The molecule has 1 fully saturated rings. The Kier molecular flexibility index (Phi) is 5.56. The van der Waals surface area contributed by atoms with Crippen molar-refractivity contribution in [3.63, 3.8) is 0 Å². The molecule has 1 atom stereocenters. The minimum absolute atomic E-state index is 0.0546. The van der Waals surface area contributed by atoms with E-state index in [4.69, 9.17) is 9.72 Å². The average Bonchev–Trinajstić information content (AvgIpc) is 2.79. The lowest BCUT2D eigenvalue weighted by Gasteiger charge is -2.32. The largest absolute Gasteiger partial charge is 0.497 e. The molecule has 3 aromatic rings. The summed E-state index contributed by atoms with van der Waals surface area (Å²) in [5.41, 5.74) is 3.46. The first-order valence-electron chi connectivity index (χ1n) is 9.80.